The maximum absolute atomic E-state index is 12.8. The second-order valence-electron chi connectivity index (χ2n) is 7.26. The molecule has 3 N–H and O–H groups in total. The number of carbonyl (C=O) groups excluding carboxylic acids is 1. The molecule has 8 heteroatoms. The molecule has 7 nitrogen and oxygen atoms in total. The summed E-state index contributed by atoms with van der Waals surface area (Å²) < 4.78 is 28.5. The van der Waals surface area contributed by atoms with E-state index in [-0.39, 0.29) is 16.8 Å². The summed E-state index contributed by atoms with van der Waals surface area (Å²) in [5, 5.41) is 8.18. The molecule has 1 aliphatic rings. The van der Waals surface area contributed by atoms with E-state index in [9.17, 15) is 13.2 Å². The third kappa shape index (κ3) is 5.14. The predicted molar refractivity (Wildman–Crippen MR) is 111 cm³/mol. The highest BCUT2D eigenvalue weighted by molar-refractivity contribution is 7.89. The lowest BCUT2D eigenvalue weighted by Crippen LogP contribution is -2.37. The molecule has 2 aromatic carbocycles. The molecule has 1 unspecified atom stereocenters. The average Bonchev–Trinajstić information content (AvgIpc) is 3.22. The Morgan fingerprint density at radius 1 is 1.17 bits per heavy atom. The van der Waals surface area contributed by atoms with Crippen LogP contribution in [0.1, 0.15) is 40.4 Å². The number of carbonyl (C=O) groups is 1. The van der Waals surface area contributed by atoms with E-state index in [0.717, 1.165) is 37.2 Å². The number of sulfonamides is 1. The van der Waals surface area contributed by atoms with Gasteiger partial charge in [-0.2, -0.15) is 0 Å². The molecule has 1 fully saturated rings. The van der Waals surface area contributed by atoms with E-state index >= 15 is 0 Å². The van der Waals surface area contributed by atoms with Gasteiger partial charge in [-0.1, -0.05) is 18.2 Å². The molecule has 0 saturated carbocycles. The van der Waals surface area contributed by atoms with E-state index in [4.69, 9.17) is 9.88 Å². The number of methoxy groups -OCH3 is 1. The number of amides is 1. The Balaban J connectivity index is 1.79. The molecule has 0 aromatic heterocycles. The van der Waals surface area contributed by atoms with Gasteiger partial charge in [0.15, 0.2) is 0 Å². The van der Waals surface area contributed by atoms with Gasteiger partial charge in [-0.3, -0.25) is 9.69 Å². The molecule has 0 radical (unpaired) electrons. The monoisotopic (exact) mass is 417 g/mol. The van der Waals surface area contributed by atoms with Crippen molar-refractivity contribution < 1.29 is 17.9 Å². The highest BCUT2D eigenvalue weighted by Gasteiger charge is 2.24. The quantitative estimate of drug-likeness (QED) is 0.719. The summed E-state index contributed by atoms with van der Waals surface area (Å²) in [7, 11) is -2.24. The van der Waals surface area contributed by atoms with Gasteiger partial charge in [-0.05, 0) is 68.2 Å². The number of nitrogens with one attached hydrogen (secondary N) is 1. The summed E-state index contributed by atoms with van der Waals surface area (Å²) in [6.45, 7) is 4.15. The smallest absolute Gasteiger partial charge is 0.251 e. The maximum atomic E-state index is 12.8. The Kier molecular flexibility index (Phi) is 6.56. The molecule has 156 valence electrons. The summed E-state index contributed by atoms with van der Waals surface area (Å²) >= 11 is 0. The number of hydrogen-bond donors (Lipinski definition) is 2. The van der Waals surface area contributed by atoms with Crippen LogP contribution in [0.3, 0.4) is 0 Å². The Morgan fingerprint density at radius 3 is 2.41 bits per heavy atom. The number of benzene rings is 2. The van der Waals surface area contributed by atoms with E-state index in [1.54, 1.807) is 20.1 Å². The van der Waals surface area contributed by atoms with Crippen molar-refractivity contribution in [3.05, 3.63) is 59.2 Å². The molecule has 29 heavy (non-hydrogen) atoms. The van der Waals surface area contributed by atoms with E-state index in [2.05, 4.69) is 10.2 Å². The first kappa shape index (κ1) is 21.3. The van der Waals surface area contributed by atoms with Crippen LogP contribution in [0.5, 0.6) is 5.75 Å². The Morgan fingerprint density at radius 2 is 1.83 bits per heavy atom. The van der Waals surface area contributed by atoms with Crippen LogP contribution in [-0.4, -0.2) is 46.0 Å². The number of primary sulfonamides is 1. The van der Waals surface area contributed by atoms with Gasteiger partial charge in [-0.25, -0.2) is 13.6 Å². The molecule has 1 heterocycles. The topological polar surface area (TPSA) is 102 Å². The van der Waals surface area contributed by atoms with Crippen LogP contribution in [-0.2, 0) is 10.0 Å². The van der Waals surface area contributed by atoms with Crippen molar-refractivity contribution in [3.8, 4) is 5.75 Å². The number of nitrogens with two attached hydrogens (primary N) is 1. The molecule has 0 spiro atoms. The van der Waals surface area contributed by atoms with Crippen LogP contribution in [0, 0.1) is 6.92 Å². The molecule has 3 rings (SSSR count). The van der Waals surface area contributed by atoms with Crippen molar-refractivity contribution in [2.24, 2.45) is 5.14 Å². The van der Waals surface area contributed by atoms with E-state index in [1.807, 2.05) is 24.3 Å². The predicted octanol–water partition coefficient (Wildman–Crippen LogP) is 2.22. The lowest BCUT2D eigenvalue weighted by Gasteiger charge is -2.28. The van der Waals surface area contributed by atoms with Gasteiger partial charge < -0.3 is 10.1 Å². The average molecular weight is 418 g/mol. The molecule has 2 aromatic rings. The fourth-order valence-electron chi connectivity index (χ4n) is 3.64. The van der Waals surface area contributed by atoms with Crippen molar-refractivity contribution >= 4 is 15.9 Å². The minimum absolute atomic E-state index is 0.0362. The van der Waals surface area contributed by atoms with Crippen LogP contribution in [0.2, 0.25) is 0 Å². The largest absolute Gasteiger partial charge is 0.497 e. The number of likely N-dealkylation sites (tertiary alicyclic amines) is 1. The minimum Gasteiger partial charge on any atom is -0.497 e. The first-order valence-corrected chi connectivity index (χ1v) is 11.1. The van der Waals surface area contributed by atoms with Crippen molar-refractivity contribution in [1.82, 2.24) is 10.2 Å². The van der Waals surface area contributed by atoms with Gasteiger partial charge in [0.05, 0.1) is 18.0 Å². The fraction of sp³-hybridized carbons (Fsp3) is 0.381. The molecule has 1 aliphatic heterocycles. The Labute approximate surface area is 171 Å². The SMILES string of the molecule is COc1ccc(C(CNC(=O)c2cc(S(N)(=O)=O)ccc2C)N2CCCC2)cc1. The van der Waals surface area contributed by atoms with E-state index in [1.165, 1.54) is 12.1 Å². The van der Waals surface area contributed by atoms with Crippen LogP contribution >= 0.6 is 0 Å². The summed E-state index contributed by atoms with van der Waals surface area (Å²) in [5.41, 5.74) is 2.10. The summed E-state index contributed by atoms with van der Waals surface area (Å²) in [6, 6.07) is 12.2. The highest BCUT2D eigenvalue weighted by Crippen LogP contribution is 2.26. The van der Waals surface area contributed by atoms with Crippen molar-refractivity contribution in [3.63, 3.8) is 0 Å². The zero-order valence-corrected chi connectivity index (χ0v) is 17.5. The van der Waals surface area contributed by atoms with Crippen molar-refractivity contribution in [2.75, 3.05) is 26.7 Å². The van der Waals surface area contributed by atoms with Crippen LogP contribution in [0.25, 0.3) is 0 Å². The molecule has 1 saturated heterocycles. The van der Waals surface area contributed by atoms with Crippen LogP contribution in [0.4, 0.5) is 0 Å². The number of aryl methyl sites for hydroxylation is 1. The van der Waals surface area contributed by atoms with Gasteiger partial charge >= 0.3 is 0 Å². The molecule has 0 bridgehead atoms. The summed E-state index contributed by atoms with van der Waals surface area (Å²) in [6.07, 6.45) is 2.27. The lowest BCUT2D eigenvalue weighted by atomic mass is 10.0. The minimum atomic E-state index is -3.87. The molecular formula is C21H27N3O4S. The van der Waals surface area contributed by atoms with Gasteiger partial charge in [0.1, 0.15) is 5.75 Å². The maximum Gasteiger partial charge on any atom is 0.251 e. The van der Waals surface area contributed by atoms with Crippen LogP contribution in [0.15, 0.2) is 47.4 Å². The highest BCUT2D eigenvalue weighted by atomic mass is 32.2. The standard InChI is InChI=1S/C21H27N3O4S/c1-15-5-10-18(29(22,26)27)13-19(15)21(25)23-14-20(24-11-3-4-12-24)16-6-8-17(28-2)9-7-16/h5-10,13,20H,3-4,11-12,14H2,1-2H3,(H,23,25)(H2,22,26,27). The Bertz CT molecular complexity index is 968. The van der Waals surface area contributed by atoms with E-state index in [0.29, 0.717) is 17.7 Å². The van der Waals surface area contributed by atoms with Gasteiger partial charge in [0.2, 0.25) is 10.0 Å². The summed E-state index contributed by atoms with van der Waals surface area (Å²) in [5.74, 6) is 0.471. The third-order valence-corrected chi connectivity index (χ3v) is 6.23. The van der Waals surface area contributed by atoms with Crippen molar-refractivity contribution in [1.29, 1.82) is 0 Å². The lowest BCUT2D eigenvalue weighted by molar-refractivity contribution is 0.0937. The van der Waals surface area contributed by atoms with E-state index < -0.39 is 10.0 Å². The number of nitrogens with zero attached hydrogens (tertiary/aromatic N) is 1. The molecule has 0 aliphatic carbocycles. The van der Waals surface area contributed by atoms with Gasteiger partial charge in [0.25, 0.3) is 5.91 Å². The molecule has 1 atom stereocenters. The second kappa shape index (κ2) is 8.94. The first-order chi connectivity index (χ1) is 13.8. The number of ether oxygens (including phenoxy) is 1. The van der Waals surface area contributed by atoms with Gasteiger partial charge in [0, 0.05) is 12.1 Å². The normalized spacial score (nSPS) is 15.8. The van der Waals surface area contributed by atoms with Crippen LogP contribution < -0.4 is 15.2 Å². The van der Waals surface area contributed by atoms with Gasteiger partial charge in [-0.15, -0.1) is 0 Å². The zero-order chi connectivity index (χ0) is 21.0. The number of rotatable bonds is 7. The second-order valence-corrected chi connectivity index (χ2v) is 8.83. The number of hydrogen-bond acceptors (Lipinski definition) is 5. The first-order valence-electron chi connectivity index (χ1n) is 9.59. The third-order valence-electron chi connectivity index (χ3n) is 5.32. The Hall–Kier alpha value is -2.42. The summed E-state index contributed by atoms with van der Waals surface area (Å²) in [4.78, 5) is 15.1. The van der Waals surface area contributed by atoms with Crippen molar-refractivity contribution in [2.45, 2.75) is 30.7 Å². The zero-order valence-electron chi connectivity index (χ0n) is 16.7. The molecule has 1 amide bonds. The molecular weight excluding hydrogens is 390 g/mol. The fourth-order valence-corrected chi connectivity index (χ4v) is 4.18.